The molecule has 7 aliphatic rings. The smallest absolute Gasteiger partial charge is 0.331 e. The van der Waals surface area contributed by atoms with Gasteiger partial charge in [-0.05, 0) is 68.1 Å². The molecule has 14 nitrogen and oxygen atoms in total. The second-order valence-corrected chi connectivity index (χ2v) is 16.0. The van der Waals surface area contributed by atoms with Crippen LogP contribution < -0.4 is 24.3 Å². The zero-order chi connectivity index (χ0) is 38.0. The lowest BCUT2D eigenvalue weighted by Crippen LogP contribution is -2.69. The molecule has 282 valence electrons. The van der Waals surface area contributed by atoms with Gasteiger partial charge in [-0.1, -0.05) is 6.07 Å². The number of phenols is 3. The number of nitriles is 1. The largest absolute Gasteiger partial charge is 0.504 e. The molecule has 7 heterocycles. The Morgan fingerprint density at radius 3 is 2.59 bits per heavy atom. The van der Waals surface area contributed by atoms with Gasteiger partial charge in [0.25, 0.3) is 0 Å². The van der Waals surface area contributed by atoms with Crippen LogP contribution in [0, 0.1) is 25.2 Å². The van der Waals surface area contributed by atoms with Gasteiger partial charge in [-0.3, -0.25) is 19.9 Å². The maximum Gasteiger partial charge on any atom is 0.331 e. The quantitative estimate of drug-likeness (QED) is 0.169. The van der Waals surface area contributed by atoms with E-state index < -0.39 is 46.9 Å². The Kier molecular flexibility index (Phi) is 7.95. The Balaban J connectivity index is 1.33. The molecule has 1 spiro atoms. The summed E-state index contributed by atoms with van der Waals surface area (Å²) in [6.45, 7) is 5.03. The summed E-state index contributed by atoms with van der Waals surface area (Å²) in [7, 11) is 3.39. The Hall–Kier alpha value is -4.88. The number of aromatic hydroxyl groups is 3. The molecule has 10 rings (SSSR count). The number of phenolic OH excluding ortho intramolecular Hbond substituents is 3. The van der Waals surface area contributed by atoms with Crippen LogP contribution in [-0.4, -0.2) is 95.0 Å². The standard InChI is InChI=1S/C39H40N4O10S/c1-16-8-20-9-22-23(12-40)43-24-13-50-38(48)39(21-11-26(49-5)25(45)10-19(21)6-7-41-39)14-54-37(31(43)30(42(22)4)27(20)33(47)32(16)46)29-28(24)36-35(51-15-52-36)17(2)34(29)53-18(3)44/h8,10-11,22-24,30-31,37,41,45-47H,6-7,9,13-15H2,1-5H3/t22-,23-,24-,30+,31?,37+,39+/m0/s1. The number of fused-ring (bicyclic) bond motifs is 9. The topological polar surface area (TPSA) is 183 Å². The third kappa shape index (κ3) is 4.63. The van der Waals surface area contributed by atoms with Crippen molar-refractivity contribution in [2.75, 3.05) is 39.9 Å². The lowest BCUT2D eigenvalue weighted by molar-refractivity contribution is -0.157. The highest BCUT2D eigenvalue weighted by Gasteiger charge is 2.61. The maximum absolute atomic E-state index is 14.7. The number of hydrogen-bond donors (Lipinski definition) is 4. The maximum atomic E-state index is 14.7. The minimum atomic E-state index is -1.38. The number of carbonyl (C=O) groups excluding carboxylic acids is 2. The number of methoxy groups -OCH3 is 1. The number of nitrogens with one attached hydrogen (secondary N) is 1. The summed E-state index contributed by atoms with van der Waals surface area (Å²) in [6.07, 6.45) is 0.979. The van der Waals surface area contributed by atoms with Crippen LogP contribution in [0.2, 0.25) is 0 Å². The van der Waals surface area contributed by atoms with Crippen LogP contribution in [0.5, 0.6) is 40.2 Å². The van der Waals surface area contributed by atoms with Crippen LogP contribution in [0.4, 0.5) is 0 Å². The minimum absolute atomic E-state index is 0.0352. The highest BCUT2D eigenvalue weighted by Crippen LogP contribution is 2.64. The van der Waals surface area contributed by atoms with Crippen molar-refractivity contribution in [3.8, 4) is 46.3 Å². The zero-order valence-electron chi connectivity index (χ0n) is 30.4. The molecule has 0 saturated carbocycles. The van der Waals surface area contributed by atoms with Crippen molar-refractivity contribution >= 4 is 23.7 Å². The van der Waals surface area contributed by atoms with Gasteiger partial charge in [-0.15, -0.1) is 11.8 Å². The molecule has 7 aliphatic heterocycles. The molecule has 4 bridgehead atoms. The van der Waals surface area contributed by atoms with E-state index in [4.69, 9.17) is 23.7 Å². The van der Waals surface area contributed by atoms with Crippen molar-refractivity contribution < 1.29 is 48.6 Å². The first-order valence-corrected chi connectivity index (χ1v) is 19.0. The van der Waals surface area contributed by atoms with Gasteiger partial charge < -0.3 is 39.0 Å². The summed E-state index contributed by atoms with van der Waals surface area (Å²) in [5.41, 5.74) is 3.79. The van der Waals surface area contributed by atoms with Crippen LogP contribution in [0.1, 0.15) is 68.8 Å². The average molecular weight is 757 g/mol. The Morgan fingerprint density at radius 2 is 1.85 bits per heavy atom. The summed E-state index contributed by atoms with van der Waals surface area (Å²) in [5, 5.41) is 47.5. The molecule has 0 amide bonds. The fraction of sp³-hybridized carbons (Fsp3) is 0.462. The molecular weight excluding hydrogens is 717 g/mol. The normalized spacial score (nSPS) is 29.3. The van der Waals surface area contributed by atoms with Crippen molar-refractivity contribution in [2.45, 2.75) is 74.6 Å². The number of esters is 2. The van der Waals surface area contributed by atoms with E-state index in [1.165, 1.54) is 25.8 Å². The van der Waals surface area contributed by atoms with E-state index in [0.29, 0.717) is 70.0 Å². The second kappa shape index (κ2) is 12.3. The fourth-order valence-electron chi connectivity index (χ4n) is 9.94. The first kappa shape index (κ1) is 34.9. The second-order valence-electron chi connectivity index (χ2n) is 14.9. The van der Waals surface area contributed by atoms with Gasteiger partial charge >= 0.3 is 11.9 Å². The van der Waals surface area contributed by atoms with Crippen LogP contribution in [0.25, 0.3) is 0 Å². The third-order valence-corrected chi connectivity index (χ3v) is 13.7. The predicted octanol–water partition coefficient (Wildman–Crippen LogP) is 3.68. The lowest BCUT2D eigenvalue weighted by atomic mass is 9.71. The molecule has 0 aromatic heterocycles. The molecule has 54 heavy (non-hydrogen) atoms. The monoisotopic (exact) mass is 756 g/mol. The lowest BCUT2D eigenvalue weighted by Gasteiger charge is -2.62. The van der Waals surface area contributed by atoms with Gasteiger partial charge in [-0.2, -0.15) is 5.26 Å². The van der Waals surface area contributed by atoms with Crippen molar-refractivity contribution in [2.24, 2.45) is 0 Å². The minimum Gasteiger partial charge on any atom is -0.504 e. The Labute approximate surface area is 315 Å². The molecule has 0 radical (unpaired) electrons. The highest BCUT2D eigenvalue weighted by molar-refractivity contribution is 7.99. The van der Waals surface area contributed by atoms with E-state index in [9.17, 15) is 30.2 Å². The third-order valence-electron chi connectivity index (χ3n) is 12.3. The first-order valence-electron chi connectivity index (χ1n) is 17.9. The van der Waals surface area contributed by atoms with Gasteiger partial charge in [0.1, 0.15) is 18.4 Å². The molecule has 1 unspecified atom stereocenters. The van der Waals surface area contributed by atoms with Crippen molar-refractivity contribution in [3.63, 3.8) is 0 Å². The van der Waals surface area contributed by atoms with Gasteiger partial charge in [0.15, 0.2) is 40.0 Å². The van der Waals surface area contributed by atoms with Crippen LogP contribution in [0.3, 0.4) is 0 Å². The SMILES string of the molecule is COc1cc2c(cc1O)CCN[C@]21CS[C@@H]2c3c(OC(C)=O)c(C)c4c(c3[C@H](COC1=O)N1C2[C@H]2c3c(cc(C)c(O)c3O)C[C@@H]([C@@H]1C#N)N2C)OCO4. The van der Waals surface area contributed by atoms with Crippen molar-refractivity contribution in [1.29, 1.82) is 5.26 Å². The molecular formula is C39H40N4O10S. The Morgan fingerprint density at radius 1 is 1.07 bits per heavy atom. The number of aryl methyl sites for hydroxylation is 1. The van der Waals surface area contributed by atoms with Gasteiger partial charge in [-0.25, -0.2) is 4.79 Å². The summed E-state index contributed by atoms with van der Waals surface area (Å²) in [6, 6.07) is 4.81. The summed E-state index contributed by atoms with van der Waals surface area (Å²) >= 11 is 1.44. The van der Waals surface area contributed by atoms with E-state index in [0.717, 1.165) is 11.1 Å². The zero-order valence-corrected chi connectivity index (χ0v) is 31.2. The molecule has 7 atom stereocenters. The van der Waals surface area contributed by atoms with Gasteiger partial charge in [0.05, 0.1) is 30.5 Å². The number of carbonyl (C=O) groups is 2. The van der Waals surface area contributed by atoms with E-state index in [2.05, 4.69) is 21.2 Å². The van der Waals surface area contributed by atoms with E-state index >= 15 is 0 Å². The number of ether oxygens (including phenoxy) is 5. The van der Waals surface area contributed by atoms with Crippen LogP contribution in [-0.2, 0) is 32.7 Å². The molecule has 4 N–H and O–H groups in total. The first-order chi connectivity index (χ1) is 25.9. The van der Waals surface area contributed by atoms with Crippen LogP contribution >= 0.6 is 11.8 Å². The fourth-order valence-corrected chi connectivity index (χ4v) is 11.6. The van der Waals surface area contributed by atoms with E-state index in [-0.39, 0.29) is 48.2 Å². The average Bonchev–Trinajstić information content (AvgIpc) is 3.64. The summed E-state index contributed by atoms with van der Waals surface area (Å²) in [5.74, 6) is -0.0274. The highest BCUT2D eigenvalue weighted by atomic mass is 32.2. The number of rotatable bonds is 2. The molecule has 3 aromatic rings. The number of piperazine rings is 1. The van der Waals surface area contributed by atoms with E-state index in [1.807, 2.05) is 20.0 Å². The number of hydrogen-bond acceptors (Lipinski definition) is 15. The molecule has 15 heteroatoms. The molecule has 0 aliphatic carbocycles. The number of thioether (sulfide) groups is 1. The summed E-state index contributed by atoms with van der Waals surface area (Å²) in [4.78, 5) is 31.8. The van der Waals surface area contributed by atoms with Gasteiger partial charge in [0.2, 0.25) is 6.79 Å². The molecule has 2 fully saturated rings. The summed E-state index contributed by atoms with van der Waals surface area (Å²) < 4.78 is 30.2. The van der Waals surface area contributed by atoms with E-state index in [1.54, 1.807) is 19.1 Å². The van der Waals surface area contributed by atoms with Gasteiger partial charge in [0, 0.05) is 53.6 Å². The molecule has 2 saturated heterocycles. The van der Waals surface area contributed by atoms with Crippen LogP contribution in [0.15, 0.2) is 18.2 Å². The van der Waals surface area contributed by atoms with Crippen molar-refractivity contribution in [1.82, 2.24) is 15.1 Å². The Bertz CT molecular complexity index is 2210. The number of likely N-dealkylation sites (N-methyl/N-ethyl adjacent to an activating group) is 1. The van der Waals surface area contributed by atoms with Crippen molar-refractivity contribution in [3.05, 3.63) is 62.7 Å². The predicted molar refractivity (Wildman–Crippen MR) is 193 cm³/mol. The molecule has 3 aromatic carbocycles. The number of nitrogens with zero attached hydrogens (tertiary/aromatic N) is 3. The number of benzene rings is 3.